The third-order valence-corrected chi connectivity index (χ3v) is 5.11. The molecule has 0 bridgehead atoms. The lowest BCUT2D eigenvalue weighted by Gasteiger charge is -2.16. The van der Waals surface area contributed by atoms with Crippen molar-refractivity contribution in [2.45, 2.75) is 65.8 Å². The Kier molecular flexibility index (Phi) is 5.57. The number of aryl methyl sites for hydroxylation is 3. The van der Waals surface area contributed by atoms with E-state index in [2.05, 4.69) is 49.6 Å². The maximum absolute atomic E-state index is 13.0. The molecule has 2 aromatic carbocycles. The van der Waals surface area contributed by atoms with E-state index >= 15 is 0 Å². The Bertz CT molecular complexity index is 870. The highest BCUT2D eigenvalue weighted by molar-refractivity contribution is 5.94. The van der Waals surface area contributed by atoms with Gasteiger partial charge in [-0.15, -0.1) is 0 Å². The summed E-state index contributed by atoms with van der Waals surface area (Å²) >= 11 is 0. The van der Waals surface area contributed by atoms with Gasteiger partial charge in [0.25, 0.3) is 0 Å². The minimum Gasteiger partial charge on any atom is -0.340 e. The normalized spacial score (nSPS) is 11.5. The van der Waals surface area contributed by atoms with Crippen molar-refractivity contribution in [1.82, 2.24) is 4.57 Å². The van der Waals surface area contributed by atoms with Gasteiger partial charge in [-0.05, 0) is 44.5 Å². The van der Waals surface area contributed by atoms with Crippen molar-refractivity contribution in [1.29, 1.82) is 0 Å². The summed E-state index contributed by atoms with van der Waals surface area (Å²) in [5.41, 5.74) is 4.59. The number of rotatable bonds is 7. The molecule has 0 aliphatic rings. The van der Waals surface area contributed by atoms with Crippen LogP contribution in [0.1, 0.15) is 56.6 Å². The van der Waals surface area contributed by atoms with Crippen LogP contribution in [0.3, 0.4) is 0 Å². The second-order valence-corrected chi connectivity index (χ2v) is 7.29. The van der Waals surface area contributed by atoms with Gasteiger partial charge in [0.2, 0.25) is 0 Å². The summed E-state index contributed by atoms with van der Waals surface area (Å²) in [5.74, 6) is 0. The molecule has 1 heterocycles. The highest BCUT2D eigenvalue weighted by Crippen LogP contribution is 2.22. The molecule has 132 valence electrons. The first kappa shape index (κ1) is 17.7. The molecule has 0 spiro atoms. The first-order valence-corrected chi connectivity index (χ1v) is 9.65. The van der Waals surface area contributed by atoms with Crippen molar-refractivity contribution in [3.63, 3.8) is 0 Å². The molecule has 0 saturated carbocycles. The van der Waals surface area contributed by atoms with Crippen LogP contribution < -0.4 is 5.43 Å². The van der Waals surface area contributed by atoms with Gasteiger partial charge in [0.05, 0.1) is 11.0 Å². The summed E-state index contributed by atoms with van der Waals surface area (Å²) in [5, 5.41) is 1.70. The van der Waals surface area contributed by atoms with Crippen LogP contribution in [0, 0.1) is 13.8 Å². The van der Waals surface area contributed by atoms with Gasteiger partial charge in [0, 0.05) is 17.3 Å². The molecule has 0 saturated heterocycles. The molecule has 0 N–H and O–H groups in total. The van der Waals surface area contributed by atoms with Crippen LogP contribution in [-0.2, 0) is 6.54 Å². The van der Waals surface area contributed by atoms with E-state index in [9.17, 15) is 4.79 Å². The second kappa shape index (κ2) is 7.86. The first-order valence-electron chi connectivity index (χ1n) is 9.65. The molecule has 25 heavy (non-hydrogen) atoms. The van der Waals surface area contributed by atoms with Crippen LogP contribution in [0.15, 0.2) is 41.2 Å². The van der Waals surface area contributed by atoms with Crippen molar-refractivity contribution in [2.24, 2.45) is 0 Å². The highest BCUT2D eigenvalue weighted by Gasteiger charge is 2.11. The summed E-state index contributed by atoms with van der Waals surface area (Å²) in [6.07, 6.45) is 7.68. The summed E-state index contributed by atoms with van der Waals surface area (Å²) in [7, 11) is 0. The predicted molar refractivity (Wildman–Crippen MR) is 109 cm³/mol. The molecule has 0 atom stereocenters. The lowest BCUT2D eigenvalue weighted by molar-refractivity contribution is 0.570. The van der Waals surface area contributed by atoms with Crippen LogP contribution >= 0.6 is 0 Å². The minimum absolute atomic E-state index is 0.164. The topological polar surface area (TPSA) is 22.0 Å². The summed E-state index contributed by atoms with van der Waals surface area (Å²) in [4.78, 5) is 13.0. The van der Waals surface area contributed by atoms with Crippen molar-refractivity contribution in [2.75, 3.05) is 0 Å². The van der Waals surface area contributed by atoms with Gasteiger partial charge in [0.1, 0.15) is 0 Å². The molecule has 3 rings (SSSR count). The number of aromatic nitrogens is 1. The Hall–Kier alpha value is -2.09. The maximum atomic E-state index is 13.0. The van der Waals surface area contributed by atoms with Gasteiger partial charge in [0.15, 0.2) is 5.43 Å². The zero-order valence-corrected chi connectivity index (χ0v) is 15.8. The maximum Gasteiger partial charge on any atom is 0.197 e. The fourth-order valence-electron chi connectivity index (χ4n) is 3.70. The number of hydrogen-bond acceptors (Lipinski definition) is 1. The number of fused-ring (bicyclic) bond motifs is 2. The molecule has 0 radical (unpaired) electrons. The highest BCUT2D eigenvalue weighted by atomic mass is 16.1. The molecule has 0 amide bonds. The molecule has 0 fully saturated rings. The Balaban J connectivity index is 2.01. The van der Waals surface area contributed by atoms with E-state index in [1.807, 2.05) is 12.1 Å². The van der Waals surface area contributed by atoms with E-state index in [1.165, 1.54) is 38.5 Å². The van der Waals surface area contributed by atoms with E-state index in [-0.39, 0.29) is 5.43 Å². The van der Waals surface area contributed by atoms with Crippen molar-refractivity contribution >= 4 is 21.8 Å². The standard InChI is InChI=1S/C23H29NO/c1-4-5-6-7-8-9-14-24-21-12-10-17(2)15-19(21)23(25)20-16-18(3)11-13-22(20)24/h10-13,15-16H,4-9,14H2,1-3H3. The molecule has 0 unspecified atom stereocenters. The molecular formula is C23H29NO. The predicted octanol–water partition coefficient (Wildman–Crippen LogP) is 6.13. The van der Waals surface area contributed by atoms with Crippen molar-refractivity contribution < 1.29 is 0 Å². The van der Waals surface area contributed by atoms with Crippen LogP contribution in [0.5, 0.6) is 0 Å². The summed E-state index contributed by atoms with van der Waals surface area (Å²) in [6.45, 7) is 7.34. The summed E-state index contributed by atoms with van der Waals surface area (Å²) < 4.78 is 2.35. The Morgan fingerprint density at radius 3 is 1.84 bits per heavy atom. The van der Waals surface area contributed by atoms with Crippen LogP contribution in [0.2, 0.25) is 0 Å². The molecular weight excluding hydrogens is 306 g/mol. The van der Waals surface area contributed by atoms with E-state index in [4.69, 9.17) is 0 Å². The largest absolute Gasteiger partial charge is 0.340 e. The van der Waals surface area contributed by atoms with Gasteiger partial charge in [-0.25, -0.2) is 0 Å². The monoisotopic (exact) mass is 335 g/mol. The van der Waals surface area contributed by atoms with E-state index in [1.54, 1.807) is 0 Å². The van der Waals surface area contributed by atoms with E-state index in [0.29, 0.717) is 0 Å². The quantitative estimate of drug-likeness (QED) is 0.376. The number of benzene rings is 2. The van der Waals surface area contributed by atoms with Gasteiger partial charge in [-0.3, -0.25) is 4.79 Å². The average Bonchev–Trinajstić information content (AvgIpc) is 2.61. The lowest BCUT2D eigenvalue weighted by atomic mass is 10.0. The fourth-order valence-corrected chi connectivity index (χ4v) is 3.70. The van der Waals surface area contributed by atoms with E-state index < -0.39 is 0 Å². The Morgan fingerprint density at radius 1 is 0.760 bits per heavy atom. The van der Waals surface area contributed by atoms with Crippen LogP contribution in [0.25, 0.3) is 21.8 Å². The number of hydrogen-bond donors (Lipinski definition) is 0. The zero-order chi connectivity index (χ0) is 17.8. The molecule has 1 aromatic heterocycles. The molecule has 0 aliphatic heterocycles. The van der Waals surface area contributed by atoms with Gasteiger partial charge < -0.3 is 4.57 Å². The van der Waals surface area contributed by atoms with E-state index in [0.717, 1.165) is 39.5 Å². The number of pyridine rings is 1. The SMILES string of the molecule is CCCCCCCCn1c2ccc(C)cc2c(=O)c2cc(C)ccc21. The first-order chi connectivity index (χ1) is 12.1. The lowest BCUT2D eigenvalue weighted by Crippen LogP contribution is -2.12. The van der Waals surface area contributed by atoms with Crippen molar-refractivity contribution in [3.8, 4) is 0 Å². The average molecular weight is 335 g/mol. The van der Waals surface area contributed by atoms with Crippen molar-refractivity contribution in [3.05, 3.63) is 57.7 Å². The van der Waals surface area contributed by atoms with Crippen LogP contribution in [0.4, 0.5) is 0 Å². The third-order valence-electron chi connectivity index (χ3n) is 5.11. The zero-order valence-electron chi connectivity index (χ0n) is 15.8. The third kappa shape index (κ3) is 3.78. The van der Waals surface area contributed by atoms with Crippen LogP contribution in [-0.4, -0.2) is 4.57 Å². The smallest absolute Gasteiger partial charge is 0.197 e. The Labute approximate surface area is 150 Å². The molecule has 0 aliphatic carbocycles. The molecule has 2 heteroatoms. The number of unbranched alkanes of at least 4 members (excludes halogenated alkanes) is 5. The van der Waals surface area contributed by atoms with Gasteiger partial charge >= 0.3 is 0 Å². The van der Waals surface area contributed by atoms with Gasteiger partial charge in [-0.2, -0.15) is 0 Å². The number of nitrogens with zero attached hydrogens (tertiary/aromatic N) is 1. The van der Waals surface area contributed by atoms with Gasteiger partial charge in [-0.1, -0.05) is 62.3 Å². The minimum atomic E-state index is 0.164. The molecule has 3 aromatic rings. The Morgan fingerprint density at radius 2 is 1.28 bits per heavy atom. The second-order valence-electron chi connectivity index (χ2n) is 7.29. The summed E-state index contributed by atoms with van der Waals surface area (Å²) in [6, 6.07) is 12.5. The fraction of sp³-hybridized carbons (Fsp3) is 0.435. The molecule has 2 nitrogen and oxygen atoms in total.